The van der Waals surface area contributed by atoms with Crippen molar-refractivity contribution in [3.63, 3.8) is 0 Å². The number of nitrogens with one attached hydrogen (secondary N) is 1. The van der Waals surface area contributed by atoms with Gasteiger partial charge >= 0.3 is 0 Å². The maximum absolute atomic E-state index is 12.5. The van der Waals surface area contributed by atoms with Crippen LogP contribution in [0, 0.1) is 0 Å². The lowest BCUT2D eigenvalue weighted by Gasteiger charge is -2.41. The van der Waals surface area contributed by atoms with Gasteiger partial charge in [-0.2, -0.15) is 0 Å². The molecule has 1 heterocycles. The van der Waals surface area contributed by atoms with Crippen molar-refractivity contribution in [2.75, 3.05) is 13.1 Å². The van der Waals surface area contributed by atoms with E-state index in [1.54, 1.807) is 30.9 Å². The highest BCUT2D eigenvalue weighted by atomic mass is 16.2. The van der Waals surface area contributed by atoms with E-state index in [2.05, 4.69) is 5.32 Å². The SMILES string of the molecule is CC1(C)C(=O)NCCN1C(=O)c1ccc(CN)cc1. The summed E-state index contributed by atoms with van der Waals surface area (Å²) in [6.45, 7) is 4.98. The second-order valence-electron chi connectivity index (χ2n) is 5.17. The predicted octanol–water partition coefficient (Wildman–Crippen LogP) is 0.496. The molecule has 0 aromatic heterocycles. The third-order valence-electron chi connectivity index (χ3n) is 3.53. The topological polar surface area (TPSA) is 75.4 Å². The minimum absolute atomic E-state index is 0.120. The first-order valence-electron chi connectivity index (χ1n) is 6.36. The van der Waals surface area contributed by atoms with E-state index < -0.39 is 5.54 Å². The zero-order valence-corrected chi connectivity index (χ0v) is 11.3. The largest absolute Gasteiger partial charge is 0.352 e. The molecule has 0 radical (unpaired) electrons. The Morgan fingerprint density at radius 1 is 1.37 bits per heavy atom. The summed E-state index contributed by atoms with van der Waals surface area (Å²) in [7, 11) is 0. The molecule has 5 heteroatoms. The summed E-state index contributed by atoms with van der Waals surface area (Å²) in [5.74, 6) is -0.242. The van der Waals surface area contributed by atoms with Crippen molar-refractivity contribution in [2.45, 2.75) is 25.9 Å². The number of nitrogens with zero attached hydrogens (tertiary/aromatic N) is 1. The van der Waals surface area contributed by atoms with Gasteiger partial charge in [0.25, 0.3) is 5.91 Å². The molecule has 2 rings (SSSR count). The highest BCUT2D eigenvalue weighted by Gasteiger charge is 2.40. The lowest BCUT2D eigenvalue weighted by molar-refractivity contribution is -0.133. The lowest BCUT2D eigenvalue weighted by atomic mass is 9.97. The van der Waals surface area contributed by atoms with Gasteiger partial charge in [0, 0.05) is 25.2 Å². The van der Waals surface area contributed by atoms with Crippen LogP contribution in [0.4, 0.5) is 0 Å². The molecule has 1 saturated heterocycles. The number of carbonyl (C=O) groups is 2. The van der Waals surface area contributed by atoms with Crippen LogP contribution in [0.25, 0.3) is 0 Å². The first kappa shape index (κ1) is 13.5. The van der Waals surface area contributed by atoms with E-state index >= 15 is 0 Å². The van der Waals surface area contributed by atoms with E-state index in [9.17, 15) is 9.59 Å². The monoisotopic (exact) mass is 261 g/mol. The Morgan fingerprint density at radius 3 is 2.58 bits per heavy atom. The summed E-state index contributed by atoms with van der Waals surface area (Å²) >= 11 is 0. The number of hydrogen-bond donors (Lipinski definition) is 2. The van der Waals surface area contributed by atoms with Crippen molar-refractivity contribution in [2.24, 2.45) is 5.73 Å². The molecule has 0 saturated carbocycles. The maximum Gasteiger partial charge on any atom is 0.254 e. The molecular weight excluding hydrogens is 242 g/mol. The molecule has 19 heavy (non-hydrogen) atoms. The fourth-order valence-electron chi connectivity index (χ4n) is 2.19. The van der Waals surface area contributed by atoms with E-state index in [0.717, 1.165) is 5.56 Å². The molecule has 0 atom stereocenters. The van der Waals surface area contributed by atoms with Crippen molar-refractivity contribution in [1.29, 1.82) is 0 Å². The fourth-order valence-corrected chi connectivity index (χ4v) is 2.19. The van der Waals surface area contributed by atoms with Gasteiger partial charge in [-0.1, -0.05) is 12.1 Å². The number of nitrogens with two attached hydrogens (primary N) is 1. The minimum atomic E-state index is -0.818. The van der Waals surface area contributed by atoms with Gasteiger partial charge in [-0.25, -0.2) is 0 Å². The van der Waals surface area contributed by atoms with E-state index in [4.69, 9.17) is 5.73 Å². The summed E-state index contributed by atoms with van der Waals surface area (Å²) in [4.78, 5) is 25.9. The summed E-state index contributed by atoms with van der Waals surface area (Å²) in [6, 6.07) is 7.19. The summed E-state index contributed by atoms with van der Waals surface area (Å²) in [5.41, 5.74) is 6.28. The molecule has 0 aliphatic carbocycles. The third-order valence-corrected chi connectivity index (χ3v) is 3.53. The molecular formula is C14H19N3O2. The molecule has 2 amide bonds. The summed E-state index contributed by atoms with van der Waals surface area (Å²) < 4.78 is 0. The van der Waals surface area contributed by atoms with Crippen molar-refractivity contribution in [1.82, 2.24) is 10.2 Å². The first-order chi connectivity index (χ1) is 8.96. The molecule has 5 nitrogen and oxygen atoms in total. The second-order valence-corrected chi connectivity index (χ2v) is 5.17. The van der Waals surface area contributed by atoms with E-state index in [1.165, 1.54) is 0 Å². The average Bonchev–Trinajstić information content (AvgIpc) is 2.41. The second kappa shape index (κ2) is 5.01. The predicted molar refractivity (Wildman–Crippen MR) is 72.5 cm³/mol. The summed E-state index contributed by atoms with van der Waals surface area (Å²) in [5, 5.41) is 2.78. The molecule has 102 valence electrons. The Labute approximate surface area is 112 Å². The zero-order chi connectivity index (χ0) is 14.0. The number of rotatable bonds is 2. The molecule has 0 unspecified atom stereocenters. The van der Waals surface area contributed by atoms with Gasteiger partial charge in [-0.3, -0.25) is 9.59 Å². The number of benzene rings is 1. The van der Waals surface area contributed by atoms with Crippen molar-refractivity contribution in [3.8, 4) is 0 Å². The molecule has 1 fully saturated rings. The van der Waals surface area contributed by atoms with Gasteiger partial charge < -0.3 is 16.0 Å². The van der Waals surface area contributed by atoms with Gasteiger partial charge in [-0.15, -0.1) is 0 Å². The average molecular weight is 261 g/mol. The molecule has 0 bridgehead atoms. The number of carbonyl (C=O) groups excluding carboxylic acids is 2. The van der Waals surface area contributed by atoms with Crippen LogP contribution in [0.5, 0.6) is 0 Å². The molecule has 0 spiro atoms. The molecule has 3 N–H and O–H groups in total. The van der Waals surface area contributed by atoms with Crippen LogP contribution < -0.4 is 11.1 Å². The molecule has 1 aliphatic rings. The number of amides is 2. The van der Waals surface area contributed by atoms with E-state index in [0.29, 0.717) is 25.2 Å². The zero-order valence-electron chi connectivity index (χ0n) is 11.3. The normalized spacial score (nSPS) is 18.1. The maximum atomic E-state index is 12.5. The highest BCUT2D eigenvalue weighted by Crippen LogP contribution is 2.20. The summed E-state index contributed by atoms with van der Waals surface area (Å²) in [6.07, 6.45) is 0. The van der Waals surface area contributed by atoms with Crippen LogP contribution >= 0.6 is 0 Å². The molecule has 1 aromatic carbocycles. The highest BCUT2D eigenvalue weighted by molar-refractivity contribution is 5.99. The van der Waals surface area contributed by atoms with Crippen molar-refractivity contribution in [3.05, 3.63) is 35.4 Å². The standard InChI is InChI=1S/C14H19N3O2/c1-14(2)13(19)16-7-8-17(14)12(18)11-5-3-10(9-15)4-6-11/h3-6H,7-9,15H2,1-2H3,(H,16,19). The Balaban J connectivity index is 2.24. The Hall–Kier alpha value is -1.88. The molecule has 1 aliphatic heterocycles. The smallest absolute Gasteiger partial charge is 0.254 e. The van der Waals surface area contributed by atoms with Crippen LogP contribution in [0.15, 0.2) is 24.3 Å². The van der Waals surface area contributed by atoms with Gasteiger partial charge in [0.15, 0.2) is 0 Å². The molecule has 1 aromatic rings. The van der Waals surface area contributed by atoms with Gasteiger partial charge in [0.2, 0.25) is 5.91 Å². The fraction of sp³-hybridized carbons (Fsp3) is 0.429. The van der Waals surface area contributed by atoms with Crippen LogP contribution in [0.2, 0.25) is 0 Å². The lowest BCUT2D eigenvalue weighted by Crippen LogP contribution is -2.63. The number of hydrogen-bond acceptors (Lipinski definition) is 3. The van der Waals surface area contributed by atoms with E-state index in [-0.39, 0.29) is 11.8 Å². The van der Waals surface area contributed by atoms with Gasteiger partial charge in [-0.05, 0) is 31.5 Å². The Kier molecular flexibility index (Phi) is 3.57. The Bertz CT molecular complexity index is 494. The number of piperazine rings is 1. The van der Waals surface area contributed by atoms with Crippen LogP contribution in [-0.2, 0) is 11.3 Å². The van der Waals surface area contributed by atoms with Crippen LogP contribution in [0.1, 0.15) is 29.8 Å². The first-order valence-corrected chi connectivity index (χ1v) is 6.36. The third kappa shape index (κ3) is 2.46. The van der Waals surface area contributed by atoms with Crippen molar-refractivity contribution < 1.29 is 9.59 Å². The van der Waals surface area contributed by atoms with Crippen LogP contribution in [0.3, 0.4) is 0 Å². The van der Waals surface area contributed by atoms with Gasteiger partial charge in [0.05, 0.1) is 0 Å². The minimum Gasteiger partial charge on any atom is -0.352 e. The quantitative estimate of drug-likeness (QED) is 0.814. The van der Waals surface area contributed by atoms with E-state index in [1.807, 2.05) is 12.1 Å². The van der Waals surface area contributed by atoms with Crippen molar-refractivity contribution >= 4 is 11.8 Å². The van der Waals surface area contributed by atoms with Gasteiger partial charge in [0.1, 0.15) is 5.54 Å². The Morgan fingerprint density at radius 2 is 2.00 bits per heavy atom. The van der Waals surface area contributed by atoms with Crippen LogP contribution in [-0.4, -0.2) is 35.3 Å².